The Morgan fingerprint density at radius 3 is 2.65 bits per heavy atom. The van der Waals surface area contributed by atoms with Crippen molar-refractivity contribution in [3.63, 3.8) is 0 Å². The molecule has 3 aromatic rings. The van der Waals surface area contributed by atoms with Gasteiger partial charge in [-0.1, -0.05) is 11.6 Å². The fraction of sp³-hybridized carbons (Fsp3) is 0.0526. The van der Waals surface area contributed by atoms with Gasteiger partial charge in [-0.05, 0) is 43.3 Å². The van der Waals surface area contributed by atoms with Gasteiger partial charge in [0, 0.05) is 23.7 Å². The standard InChI is InChI=1S/C19H12ClFN4O/c1-11-8-12(4-6-23-11)18-19(26)14(5-7-24-18)17(10-22)25-13-2-3-16(21)15(20)9-13/h2-9,26H,1H3. The molecule has 2 heterocycles. The number of pyridine rings is 2. The molecule has 0 spiro atoms. The Morgan fingerprint density at radius 1 is 1.19 bits per heavy atom. The number of nitrogens with zero attached hydrogens (tertiary/aromatic N) is 4. The van der Waals surface area contributed by atoms with Gasteiger partial charge < -0.3 is 5.11 Å². The van der Waals surface area contributed by atoms with Crippen LogP contribution < -0.4 is 0 Å². The highest BCUT2D eigenvalue weighted by molar-refractivity contribution is 6.31. The molecule has 0 saturated carbocycles. The lowest BCUT2D eigenvalue weighted by molar-refractivity contribution is 0.474. The summed E-state index contributed by atoms with van der Waals surface area (Å²) in [7, 11) is 0. The van der Waals surface area contributed by atoms with E-state index in [9.17, 15) is 14.8 Å². The Labute approximate surface area is 154 Å². The number of halogens is 2. The smallest absolute Gasteiger partial charge is 0.152 e. The van der Waals surface area contributed by atoms with Crippen LogP contribution in [0.15, 0.2) is 53.8 Å². The van der Waals surface area contributed by atoms with Crippen LogP contribution in [0.5, 0.6) is 5.75 Å². The van der Waals surface area contributed by atoms with Gasteiger partial charge in [0.05, 0.1) is 16.3 Å². The molecule has 5 nitrogen and oxygen atoms in total. The Hall–Kier alpha value is -3.30. The molecule has 0 radical (unpaired) electrons. The quantitative estimate of drug-likeness (QED) is 0.687. The van der Waals surface area contributed by atoms with E-state index in [1.54, 1.807) is 18.3 Å². The molecular weight excluding hydrogens is 355 g/mol. The number of rotatable bonds is 3. The number of nitriles is 1. The Kier molecular flexibility index (Phi) is 4.92. The molecule has 0 fully saturated rings. The van der Waals surface area contributed by atoms with Crippen molar-refractivity contribution in [2.45, 2.75) is 6.92 Å². The first-order valence-electron chi connectivity index (χ1n) is 7.55. The van der Waals surface area contributed by atoms with E-state index in [0.717, 1.165) is 11.8 Å². The van der Waals surface area contributed by atoms with Crippen molar-refractivity contribution < 1.29 is 9.50 Å². The summed E-state index contributed by atoms with van der Waals surface area (Å²) in [4.78, 5) is 12.5. The average Bonchev–Trinajstić information content (AvgIpc) is 2.63. The van der Waals surface area contributed by atoms with Crippen LogP contribution in [0.2, 0.25) is 5.02 Å². The molecular formula is C19H12ClFN4O. The normalized spacial score (nSPS) is 11.2. The van der Waals surface area contributed by atoms with Crippen molar-refractivity contribution in [2.75, 3.05) is 0 Å². The largest absolute Gasteiger partial charge is 0.505 e. The van der Waals surface area contributed by atoms with Crippen molar-refractivity contribution in [2.24, 2.45) is 4.99 Å². The van der Waals surface area contributed by atoms with Crippen LogP contribution >= 0.6 is 11.6 Å². The molecule has 2 aromatic heterocycles. The highest BCUT2D eigenvalue weighted by Gasteiger charge is 2.15. The van der Waals surface area contributed by atoms with E-state index < -0.39 is 5.82 Å². The second-order valence-electron chi connectivity index (χ2n) is 5.41. The first-order valence-corrected chi connectivity index (χ1v) is 7.92. The highest BCUT2D eigenvalue weighted by atomic mass is 35.5. The van der Waals surface area contributed by atoms with Gasteiger partial charge in [-0.25, -0.2) is 9.38 Å². The molecule has 0 unspecified atom stereocenters. The Morgan fingerprint density at radius 2 is 1.96 bits per heavy atom. The van der Waals surface area contributed by atoms with E-state index in [0.29, 0.717) is 16.9 Å². The van der Waals surface area contributed by atoms with Crippen LogP contribution in [0.3, 0.4) is 0 Å². The van der Waals surface area contributed by atoms with Crippen molar-refractivity contribution in [3.8, 4) is 23.1 Å². The van der Waals surface area contributed by atoms with E-state index in [2.05, 4.69) is 15.0 Å². The van der Waals surface area contributed by atoms with Crippen molar-refractivity contribution in [1.29, 1.82) is 5.26 Å². The summed E-state index contributed by atoms with van der Waals surface area (Å²) in [5, 5.41) is 20.0. The minimum Gasteiger partial charge on any atom is -0.505 e. The van der Waals surface area contributed by atoms with Crippen LogP contribution in [0.25, 0.3) is 11.3 Å². The number of aromatic nitrogens is 2. The lowest BCUT2D eigenvalue weighted by Gasteiger charge is -2.08. The second-order valence-corrected chi connectivity index (χ2v) is 5.82. The molecule has 0 aliphatic heterocycles. The lowest BCUT2D eigenvalue weighted by atomic mass is 10.1. The van der Waals surface area contributed by atoms with E-state index in [-0.39, 0.29) is 22.0 Å². The lowest BCUT2D eigenvalue weighted by Crippen LogP contribution is -2.00. The summed E-state index contributed by atoms with van der Waals surface area (Å²) in [5.41, 5.74) is 2.22. The molecule has 0 bridgehead atoms. The van der Waals surface area contributed by atoms with Crippen LogP contribution in [0.4, 0.5) is 10.1 Å². The molecule has 26 heavy (non-hydrogen) atoms. The van der Waals surface area contributed by atoms with E-state index in [1.165, 1.54) is 24.4 Å². The SMILES string of the molecule is Cc1cc(-c2nccc(C(C#N)=Nc3ccc(F)c(Cl)c3)c2O)ccn1. The molecule has 0 aliphatic rings. The zero-order valence-corrected chi connectivity index (χ0v) is 14.4. The Balaban J connectivity index is 2.10. The fourth-order valence-corrected chi connectivity index (χ4v) is 2.55. The summed E-state index contributed by atoms with van der Waals surface area (Å²) < 4.78 is 13.3. The summed E-state index contributed by atoms with van der Waals surface area (Å²) in [5.74, 6) is -0.752. The van der Waals surface area contributed by atoms with Gasteiger partial charge in [0.2, 0.25) is 0 Å². The molecule has 7 heteroatoms. The number of hydrogen-bond donors (Lipinski definition) is 1. The number of aromatic hydroxyl groups is 1. The molecule has 3 rings (SSSR count). The number of aliphatic imine (C=N–C) groups is 1. The summed E-state index contributed by atoms with van der Waals surface area (Å²) >= 11 is 5.75. The van der Waals surface area contributed by atoms with Crippen LogP contribution in [-0.2, 0) is 0 Å². The monoisotopic (exact) mass is 366 g/mol. The number of aryl methyl sites for hydroxylation is 1. The zero-order chi connectivity index (χ0) is 18.7. The highest BCUT2D eigenvalue weighted by Crippen LogP contribution is 2.31. The molecule has 0 atom stereocenters. The van der Waals surface area contributed by atoms with Crippen molar-refractivity contribution in [3.05, 3.63) is 70.9 Å². The molecule has 0 saturated heterocycles. The molecule has 1 N–H and O–H groups in total. The summed E-state index contributed by atoms with van der Waals surface area (Å²) in [6.45, 7) is 1.82. The van der Waals surface area contributed by atoms with Gasteiger partial charge in [0.1, 0.15) is 17.6 Å². The predicted octanol–water partition coefficient (Wildman–Crippen LogP) is 4.59. The van der Waals surface area contributed by atoms with Gasteiger partial charge >= 0.3 is 0 Å². The van der Waals surface area contributed by atoms with Crippen LogP contribution in [-0.4, -0.2) is 20.8 Å². The van der Waals surface area contributed by atoms with Crippen molar-refractivity contribution in [1.82, 2.24) is 9.97 Å². The second kappa shape index (κ2) is 7.30. The van der Waals surface area contributed by atoms with Crippen LogP contribution in [0, 0.1) is 24.1 Å². The van der Waals surface area contributed by atoms with E-state index in [1.807, 2.05) is 13.0 Å². The van der Waals surface area contributed by atoms with Gasteiger partial charge in [-0.3, -0.25) is 9.97 Å². The van der Waals surface area contributed by atoms with E-state index >= 15 is 0 Å². The molecule has 128 valence electrons. The average molecular weight is 367 g/mol. The molecule has 0 amide bonds. The topological polar surface area (TPSA) is 82.2 Å². The minimum absolute atomic E-state index is 0.0420. The Bertz CT molecular complexity index is 1060. The molecule has 1 aromatic carbocycles. The summed E-state index contributed by atoms with van der Waals surface area (Å²) in [6.07, 6.45) is 3.09. The van der Waals surface area contributed by atoms with Gasteiger partial charge in [-0.2, -0.15) is 5.26 Å². The third-order valence-corrected chi connectivity index (χ3v) is 3.89. The maximum Gasteiger partial charge on any atom is 0.152 e. The third kappa shape index (κ3) is 3.53. The predicted molar refractivity (Wildman–Crippen MR) is 97.1 cm³/mol. The number of benzene rings is 1. The zero-order valence-electron chi connectivity index (χ0n) is 13.6. The maximum atomic E-state index is 13.3. The first kappa shape index (κ1) is 17.5. The molecule has 0 aliphatic carbocycles. The van der Waals surface area contributed by atoms with Gasteiger partial charge in [-0.15, -0.1) is 0 Å². The van der Waals surface area contributed by atoms with Gasteiger partial charge in [0.25, 0.3) is 0 Å². The maximum absolute atomic E-state index is 13.3. The van der Waals surface area contributed by atoms with Crippen molar-refractivity contribution >= 4 is 23.0 Å². The first-order chi connectivity index (χ1) is 12.5. The third-order valence-electron chi connectivity index (χ3n) is 3.60. The summed E-state index contributed by atoms with van der Waals surface area (Å²) in [6, 6.07) is 10.8. The van der Waals surface area contributed by atoms with E-state index in [4.69, 9.17) is 11.6 Å². The van der Waals surface area contributed by atoms with Crippen LogP contribution in [0.1, 0.15) is 11.3 Å². The number of hydrogen-bond acceptors (Lipinski definition) is 5. The minimum atomic E-state index is -0.578. The fourth-order valence-electron chi connectivity index (χ4n) is 2.38. The van der Waals surface area contributed by atoms with Gasteiger partial charge in [0.15, 0.2) is 11.5 Å².